The maximum atomic E-state index is 13.0. The molecule has 0 N–H and O–H groups in total. The first-order chi connectivity index (χ1) is 10.2. The van der Waals surface area contributed by atoms with Gasteiger partial charge < -0.3 is 4.74 Å². The first kappa shape index (κ1) is 17.4. The lowest BCUT2D eigenvalue weighted by Crippen LogP contribution is -2.59. The van der Waals surface area contributed by atoms with E-state index >= 15 is 0 Å². The second-order valence-electron chi connectivity index (χ2n) is 6.55. The Bertz CT molecular complexity index is 621. The zero-order valence-corrected chi connectivity index (χ0v) is 15.4. The van der Waals surface area contributed by atoms with E-state index < -0.39 is 17.1 Å². The van der Waals surface area contributed by atoms with E-state index in [-0.39, 0.29) is 11.6 Å². The summed E-state index contributed by atoms with van der Waals surface area (Å²) in [6, 6.07) is 5.77. The Morgan fingerprint density at radius 2 is 1.77 bits per heavy atom. The molecule has 0 amide bonds. The molecule has 0 spiro atoms. The monoisotopic (exact) mass is 366 g/mol. The standard InChI is InChI=1S/C18H23BrO3/c1-6-11-10-12(19)8-9-13(11)14-15(20)17(3,4)22-18(5,7-2)16(14)21/h8-10,14H,6-7H2,1-5H3. The molecule has 22 heavy (non-hydrogen) atoms. The van der Waals surface area contributed by atoms with Gasteiger partial charge in [-0.15, -0.1) is 0 Å². The van der Waals surface area contributed by atoms with Gasteiger partial charge >= 0.3 is 0 Å². The van der Waals surface area contributed by atoms with Crippen molar-refractivity contribution in [2.24, 2.45) is 0 Å². The minimum Gasteiger partial charge on any atom is -0.354 e. The largest absolute Gasteiger partial charge is 0.354 e. The van der Waals surface area contributed by atoms with E-state index in [0.717, 1.165) is 22.0 Å². The van der Waals surface area contributed by atoms with Gasteiger partial charge in [0.25, 0.3) is 0 Å². The van der Waals surface area contributed by atoms with Gasteiger partial charge in [-0.1, -0.05) is 35.8 Å². The summed E-state index contributed by atoms with van der Waals surface area (Å²) in [6.07, 6.45) is 1.33. The lowest BCUT2D eigenvalue weighted by Gasteiger charge is -2.44. The SMILES string of the molecule is CCc1cc(Br)ccc1C1C(=O)C(C)(C)OC(C)(CC)C1=O. The number of carbonyl (C=O) groups is 2. The molecule has 1 aromatic rings. The summed E-state index contributed by atoms with van der Waals surface area (Å²) in [5, 5.41) is 0. The van der Waals surface area contributed by atoms with Gasteiger partial charge in [0.05, 0.1) is 0 Å². The number of ether oxygens (including phenoxy) is 1. The Morgan fingerprint density at radius 3 is 2.32 bits per heavy atom. The molecular weight excluding hydrogens is 344 g/mol. The number of aryl methyl sites for hydroxylation is 1. The van der Waals surface area contributed by atoms with Crippen LogP contribution in [0.1, 0.15) is 58.1 Å². The second-order valence-corrected chi connectivity index (χ2v) is 7.47. The molecule has 1 saturated heterocycles. The van der Waals surface area contributed by atoms with Gasteiger partial charge in [-0.25, -0.2) is 0 Å². The highest BCUT2D eigenvalue weighted by Crippen LogP contribution is 2.41. The second kappa shape index (κ2) is 5.89. The van der Waals surface area contributed by atoms with Crippen LogP contribution in [-0.4, -0.2) is 22.8 Å². The molecule has 0 radical (unpaired) electrons. The number of Topliss-reactive ketones (excluding diaryl/α,β-unsaturated/α-hetero) is 2. The predicted molar refractivity (Wildman–Crippen MR) is 90.1 cm³/mol. The molecule has 1 aliphatic rings. The maximum absolute atomic E-state index is 13.0. The third-order valence-electron chi connectivity index (χ3n) is 4.59. The van der Waals surface area contributed by atoms with Crippen molar-refractivity contribution in [3.05, 3.63) is 33.8 Å². The highest BCUT2D eigenvalue weighted by Gasteiger charge is 2.54. The van der Waals surface area contributed by atoms with E-state index in [0.29, 0.717) is 6.42 Å². The Morgan fingerprint density at radius 1 is 1.14 bits per heavy atom. The number of hydrogen-bond donors (Lipinski definition) is 0. The van der Waals surface area contributed by atoms with E-state index in [1.165, 1.54) is 0 Å². The van der Waals surface area contributed by atoms with Crippen molar-refractivity contribution in [1.82, 2.24) is 0 Å². The van der Waals surface area contributed by atoms with Crippen LogP contribution in [0.15, 0.2) is 22.7 Å². The number of rotatable bonds is 3. The summed E-state index contributed by atoms with van der Waals surface area (Å²) >= 11 is 3.46. The van der Waals surface area contributed by atoms with Crippen molar-refractivity contribution in [2.75, 3.05) is 0 Å². The first-order valence-corrected chi connectivity index (χ1v) is 8.52. The summed E-state index contributed by atoms with van der Waals surface area (Å²) in [4.78, 5) is 25.8. The quantitative estimate of drug-likeness (QED) is 0.752. The molecule has 2 unspecified atom stereocenters. The molecular formula is C18H23BrO3. The molecule has 4 heteroatoms. The topological polar surface area (TPSA) is 43.4 Å². The van der Waals surface area contributed by atoms with Crippen LogP contribution in [0.25, 0.3) is 0 Å². The van der Waals surface area contributed by atoms with Crippen LogP contribution in [-0.2, 0) is 20.7 Å². The van der Waals surface area contributed by atoms with Gasteiger partial charge in [0.2, 0.25) is 0 Å². The van der Waals surface area contributed by atoms with Gasteiger partial charge in [0.15, 0.2) is 11.6 Å². The zero-order chi connectivity index (χ0) is 16.7. The third kappa shape index (κ3) is 2.79. The molecule has 0 aliphatic carbocycles. The van der Waals surface area contributed by atoms with Crippen molar-refractivity contribution in [1.29, 1.82) is 0 Å². The smallest absolute Gasteiger partial charge is 0.179 e. The molecule has 2 rings (SSSR count). The van der Waals surface area contributed by atoms with Gasteiger partial charge in [-0.3, -0.25) is 9.59 Å². The van der Waals surface area contributed by atoms with Crippen molar-refractivity contribution in [2.45, 2.75) is 64.6 Å². The Balaban J connectivity index is 2.61. The van der Waals surface area contributed by atoms with Gasteiger partial charge in [0.1, 0.15) is 17.1 Å². The summed E-state index contributed by atoms with van der Waals surface area (Å²) in [5.41, 5.74) is -0.0318. The van der Waals surface area contributed by atoms with Crippen LogP contribution in [0.3, 0.4) is 0 Å². The van der Waals surface area contributed by atoms with Crippen LogP contribution in [0, 0.1) is 0 Å². The van der Waals surface area contributed by atoms with Crippen molar-refractivity contribution < 1.29 is 14.3 Å². The molecule has 0 aromatic heterocycles. The van der Waals surface area contributed by atoms with Gasteiger partial charge in [-0.05, 0) is 56.9 Å². The molecule has 1 fully saturated rings. The normalized spacial score (nSPS) is 28.0. The minimum atomic E-state index is -0.957. The fourth-order valence-corrected chi connectivity index (χ4v) is 3.54. The van der Waals surface area contributed by atoms with Crippen LogP contribution >= 0.6 is 15.9 Å². The molecule has 1 aromatic carbocycles. The number of hydrogen-bond acceptors (Lipinski definition) is 3. The van der Waals surface area contributed by atoms with E-state index in [2.05, 4.69) is 15.9 Å². The molecule has 2 atom stereocenters. The number of halogens is 1. The fourth-order valence-electron chi connectivity index (χ4n) is 3.13. The van der Waals surface area contributed by atoms with Crippen molar-refractivity contribution in [3.63, 3.8) is 0 Å². The summed E-state index contributed by atoms with van der Waals surface area (Å²) in [6.45, 7) is 9.26. The Hall–Kier alpha value is -1.00. The maximum Gasteiger partial charge on any atom is 0.179 e. The average molecular weight is 367 g/mol. The van der Waals surface area contributed by atoms with Crippen LogP contribution in [0.5, 0.6) is 0 Å². The molecule has 1 heterocycles. The van der Waals surface area contributed by atoms with E-state index in [4.69, 9.17) is 4.74 Å². The summed E-state index contributed by atoms with van der Waals surface area (Å²) < 4.78 is 6.83. The minimum absolute atomic E-state index is 0.128. The summed E-state index contributed by atoms with van der Waals surface area (Å²) in [5.74, 6) is -1.02. The molecule has 0 bridgehead atoms. The number of carbonyl (C=O) groups excluding carboxylic acids is 2. The first-order valence-electron chi connectivity index (χ1n) is 7.73. The van der Waals surface area contributed by atoms with Crippen LogP contribution < -0.4 is 0 Å². The highest BCUT2D eigenvalue weighted by molar-refractivity contribution is 9.10. The number of ketones is 2. The van der Waals surface area contributed by atoms with Gasteiger partial charge in [-0.2, -0.15) is 0 Å². The van der Waals surface area contributed by atoms with Crippen molar-refractivity contribution in [3.8, 4) is 0 Å². The lowest BCUT2D eigenvalue weighted by molar-refractivity contribution is -0.188. The fraction of sp³-hybridized carbons (Fsp3) is 0.556. The average Bonchev–Trinajstić information content (AvgIpc) is 2.46. The molecule has 3 nitrogen and oxygen atoms in total. The van der Waals surface area contributed by atoms with Crippen LogP contribution in [0.2, 0.25) is 0 Å². The Labute approximate surface area is 140 Å². The zero-order valence-electron chi connectivity index (χ0n) is 13.8. The van der Waals surface area contributed by atoms with Gasteiger partial charge in [0, 0.05) is 4.47 Å². The van der Waals surface area contributed by atoms with Crippen molar-refractivity contribution >= 4 is 27.5 Å². The predicted octanol–water partition coefficient (Wildman–Crippen LogP) is 4.21. The van der Waals surface area contributed by atoms with E-state index in [1.54, 1.807) is 20.8 Å². The molecule has 0 saturated carbocycles. The van der Waals surface area contributed by atoms with E-state index in [9.17, 15) is 9.59 Å². The van der Waals surface area contributed by atoms with E-state index in [1.807, 2.05) is 32.0 Å². The summed E-state index contributed by atoms with van der Waals surface area (Å²) in [7, 11) is 0. The Kier molecular flexibility index (Phi) is 4.65. The molecule has 120 valence electrons. The highest BCUT2D eigenvalue weighted by atomic mass is 79.9. The number of benzene rings is 1. The lowest BCUT2D eigenvalue weighted by atomic mass is 9.72. The third-order valence-corrected chi connectivity index (χ3v) is 5.08. The molecule has 1 aliphatic heterocycles. The van der Waals surface area contributed by atoms with Crippen LogP contribution in [0.4, 0.5) is 0 Å².